The lowest BCUT2D eigenvalue weighted by molar-refractivity contribution is -0.907. The lowest BCUT2D eigenvalue weighted by atomic mass is 10.0. The lowest BCUT2D eigenvalue weighted by Crippen LogP contribution is -3.12. The number of hydrogen-bond donors (Lipinski definition) is 2. The van der Waals surface area contributed by atoms with Gasteiger partial charge in [-0.3, -0.25) is 4.79 Å². The first-order valence-electron chi connectivity index (χ1n) is 8.77. The van der Waals surface area contributed by atoms with Crippen LogP contribution in [0.1, 0.15) is 37.8 Å². The first kappa shape index (κ1) is 19.0. The molecule has 25 heavy (non-hydrogen) atoms. The van der Waals surface area contributed by atoms with Gasteiger partial charge < -0.3 is 15.0 Å². The van der Waals surface area contributed by atoms with Gasteiger partial charge in [0.1, 0.15) is 12.3 Å². The number of anilines is 1. The van der Waals surface area contributed by atoms with Gasteiger partial charge in [0, 0.05) is 11.3 Å². The second kappa shape index (κ2) is 8.67. The fraction of sp³-hybridized carbons (Fsp3) is 0.381. The van der Waals surface area contributed by atoms with E-state index >= 15 is 0 Å². The van der Waals surface area contributed by atoms with Crippen molar-refractivity contribution in [2.45, 2.75) is 39.3 Å². The normalized spacial score (nSPS) is 13.4. The van der Waals surface area contributed by atoms with Crippen molar-refractivity contribution in [3.8, 4) is 5.75 Å². The Labute approximate surface area is 150 Å². The summed E-state index contributed by atoms with van der Waals surface area (Å²) in [5, 5.41) is 3.01. The molecular weight excluding hydrogens is 312 g/mol. The second-order valence-corrected chi connectivity index (χ2v) is 6.82. The summed E-state index contributed by atoms with van der Waals surface area (Å²) in [5.41, 5.74) is 3.21. The molecule has 1 amide bonds. The third-order valence-electron chi connectivity index (χ3n) is 4.64. The molecule has 0 aliphatic heterocycles. The van der Waals surface area contributed by atoms with Crippen molar-refractivity contribution in [3.63, 3.8) is 0 Å². The van der Waals surface area contributed by atoms with E-state index in [2.05, 4.69) is 31.3 Å². The van der Waals surface area contributed by atoms with Crippen LogP contribution < -0.4 is 15.0 Å². The topological polar surface area (TPSA) is 42.8 Å². The minimum Gasteiger partial charge on any atom is -0.496 e. The molecule has 134 valence electrons. The van der Waals surface area contributed by atoms with Gasteiger partial charge in [-0.25, -0.2) is 0 Å². The molecule has 0 fully saturated rings. The number of methoxy groups -OCH3 is 1. The van der Waals surface area contributed by atoms with E-state index in [1.54, 1.807) is 7.11 Å². The van der Waals surface area contributed by atoms with E-state index < -0.39 is 0 Å². The number of hydrogen-bond acceptors (Lipinski definition) is 2. The molecule has 2 aromatic rings. The Bertz CT molecular complexity index is 695. The number of quaternary nitrogens is 1. The predicted octanol–water partition coefficient (Wildman–Crippen LogP) is 2.86. The van der Waals surface area contributed by atoms with Crippen molar-refractivity contribution in [3.05, 3.63) is 59.7 Å². The van der Waals surface area contributed by atoms with Gasteiger partial charge in [-0.15, -0.1) is 0 Å². The molecule has 0 heterocycles. The fourth-order valence-electron chi connectivity index (χ4n) is 2.73. The third kappa shape index (κ3) is 5.07. The largest absolute Gasteiger partial charge is 0.496 e. The van der Waals surface area contributed by atoms with Crippen LogP contribution in [0.4, 0.5) is 5.69 Å². The Hall–Kier alpha value is -2.33. The number of para-hydroxylation sites is 1. The number of ether oxygens (including phenoxy) is 1. The van der Waals surface area contributed by atoms with Crippen LogP contribution >= 0.6 is 0 Å². The van der Waals surface area contributed by atoms with E-state index in [-0.39, 0.29) is 11.9 Å². The lowest BCUT2D eigenvalue weighted by Gasteiger charge is -2.22. The number of rotatable bonds is 7. The minimum atomic E-state index is -0.172. The van der Waals surface area contributed by atoms with Crippen molar-refractivity contribution in [1.82, 2.24) is 0 Å². The highest BCUT2D eigenvalue weighted by Crippen LogP contribution is 2.17. The van der Waals surface area contributed by atoms with Crippen molar-refractivity contribution in [2.24, 2.45) is 0 Å². The first-order valence-corrected chi connectivity index (χ1v) is 8.77. The monoisotopic (exact) mass is 341 g/mol. The van der Waals surface area contributed by atoms with Crippen LogP contribution in [-0.4, -0.2) is 26.1 Å². The maximum absolute atomic E-state index is 12.6. The number of carbonyl (C=O) groups excluding carboxylic acids is 1. The van der Waals surface area contributed by atoms with Crippen LogP contribution in [0.3, 0.4) is 0 Å². The summed E-state index contributed by atoms with van der Waals surface area (Å²) in [6, 6.07) is 15.8. The summed E-state index contributed by atoms with van der Waals surface area (Å²) in [6.45, 7) is 6.99. The van der Waals surface area contributed by atoms with Crippen LogP contribution in [0, 0.1) is 0 Å². The quantitative estimate of drug-likeness (QED) is 0.813. The molecule has 2 atom stereocenters. The van der Waals surface area contributed by atoms with E-state index in [1.807, 2.05) is 50.4 Å². The van der Waals surface area contributed by atoms with Crippen LogP contribution in [0.25, 0.3) is 0 Å². The predicted molar refractivity (Wildman–Crippen MR) is 102 cm³/mol. The van der Waals surface area contributed by atoms with Gasteiger partial charge in [-0.1, -0.05) is 38.1 Å². The summed E-state index contributed by atoms with van der Waals surface area (Å²) < 4.78 is 5.40. The van der Waals surface area contributed by atoms with Gasteiger partial charge >= 0.3 is 0 Å². The van der Waals surface area contributed by atoms with Crippen LogP contribution in [-0.2, 0) is 11.3 Å². The standard InChI is InChI=1S/C21H28N2O2/c1-15(2)17-10-12-19(13-11-17)22-21(24)16(3)23(4)14-18-8-6-7-9-20(18)25-5/h6-13,15-16H,14H2,1-5H3,(H,22,24)/p+1/t16-/m1/s1. The Kier molecular flexibility index (Phi) is 6.59. The fourth-order valence-corrected chi connectivity index (χ4v) is 2.73. The van der Waals surface area contributed by atoms with Crippen LogP contribution in [0.15, 0.2) is 48.5 Å². The number of benzene rings is 2. The highest BCUT2D eigenvalue weighted by Gasteiger charge is 2.23. The summed E-state index contributed by atoms with van der Waals surface area (Å²) in [7, 11) is 3.70. The van der Waals surface area contributed by atoms with Crippen LogP contribution in [0.5, 0.6) is 5.75 Å². The highest BCUT2D eigenvalue weighted by molar-refractivity contribution is 5.93. The summed E-state index contributed by atoms with van der Waals surface area (Å²) >= 11 is 0. The minimum absolute atomic E-state index is 0.0182. The molecule has 0 saturated heterocycles. The molecule has 0 aromatic heterocycles. The number of carbonyl (C=O) groups is 1. The molecule has 0 saturated carbocycles. The Morgan fingerprint density at radius 1 is 1.08 bits per heavy atom. The van der Waals surface area contributed by atoms with E-state index in [4.69, 9.17) is 4.74 Å². The molecule has 1 unspecified atom stereocenters. The number of nitrogens with one attached hydrogen (secondary N) is 2. The molecular formula is C21H29N2O2+. The number of amides is 1. The maximum atomic E-state index is 12.6. The molecule has 0 bridgehead atoms. The van der Waals surface area contributed by atoms with E-state index in [0.29, 0.717) is 5.92 Å². The van der Waals surface area contributed by atoms with E-state index in [1.165, 1.54) is 5.56 Å². The molecule has 4 nitrogen and oxygen atoms in total. The Morgan fingerprint density at radius 3 is 2.32 bits per heavy atom. The average molecular weight is 341 g/mol. The smallest absolute Gasteiger partial charge is 0.282 e. The molecule has 2 N–H and O–H groups in total. The number of likely N-dealkylation sites (N-methyl/N-ethyl adjacent to an activating group) is 1. The Morgan fingerprint density at radius 2 is 1.72 bits per heavy atom. The van der Waals surface area contributed by atoms with Crippen LogP contribution in [0.2, 0.25) is 0 Å². The molecule has 4 heteroatoms. The summed E-state index contributed by atoms with van der Waals surface area (Å²) in [6.07, 6.45) is 0. The van der Waals surface area contributed by atoms with E-state index in [0.717, 1.165) is 28.4 Å². The van der Waals surface area contributed by atoms with Gasteiger partial charge in [0.15, 0.2) is 6.04 Å². The van der Waals surface area contributed by atoms with Gasteiger partial charge in [-0.2, -0.15) is 0 Å². The maximum Gasteiger partial charge on any atom is 0.282 e. The Balaban J connectivity index is 1.98. The van der Waals surface area contributed by atoms with Crippen molar-refractivity contribution in [1.29, 1.82) is 0 Å². The molecule has 2 rings (SSSR count). The zero-order chi connectivity index (χ0) is 18.4. The summed E-state index contributed by atoms with van der Waals surface area (Å²) in [5.74, 6) is 1.36. The average Bonchev–Trinajstić information content (AvgIpc) is 2.61. The van der Waals surface area contributed by atoms with Crippen molar-refractivity contribution >= 4 is 11.6 Å². The molecule has 0 spiro atoms. The van der Waals surface area contributed by atoms with Gasteiger partial charge in [0.05, 0.1) is 14.2 Å². The van der Waals surface area contributed by atoms with Gasteiger partial charge in [0.2, 0.25) is 0 Å². The van der Waals surface area contributed by atoms with Gasteiger partial charge in [0.25, 0.3) is 5.91 Å². The first-order chi connectivity index (χ1) is 11.9. The third-order valence-corrected chi connectivity index (χ3v) is 4.64. The zero-order valence-corrected chi connectivity index (χ0v) is 15.8. The van der Waals surface area contributed by atoms with Gasteiger partial charge in [-0.05, 0) is 42.7 Å². The SMILES string of the molecule is COc1ccccc1C[NH+](C)[C@H](C)C(=O)Nc1ccc(C(C)C)cc1. The molecule has 0 radical (unpaired) electrons. The molecule has 2 aromatic carbocycles. The molecule has 0 aliphatic carbocycles. The zero-order valence-electron chi connectivity index (χ0n) is 15.8. The van der Waals surface area contributed by atoms with E-state index in [9.17, 15) is 4.79 Å². The summed E-state index contributed by atoms with van der Waals surface area (Å²) in [4.78, 5) is 13.7. The second-order valence-electron chi connectivity index (χ2n) is 6.82. The van der Waals surface area contributed by atoms with Crippen molar-refractivity contribution < 1.29 is 14.4 Å². The highest BCUT2D eigenvalue weighted by atomic mass is 16.5. The van der Waals surface area contributed by atoms with Crippen molar-refractivity contribution in [2.75, 3.05) is 19.5 Å². The molecule has 0 aliphatic rings.